The van der Waals surface area contributed by atoms with E-state index in [1.165, 1.54) is 5.56 Å². The summed E-state index contributed by atoms with van der Waals surface area (Å²) in [6.45, 7) is 6.47. The van der Waals surface area contributed by atoms with Crippen LogP contribution in [0, 0.1) is 0 Å². The van der Waals surface area contributed by atoms with Crippen LogP contribution in [0.5, 0.6) is 0 Å². The predicted molar refractivity (Wildman–Crippen MR) is 109 cm³/mol. The maximum absolute atomic E-state index is 6.19. The van der Waals surface area contributed by atoms with Gasteiger partial charge in [0.15, 0.2) is 11.4 Å². The lowest BCUT2D eigenvalue weighted by Crippen LogP contribution is -2.06. The first kappa shape index (κ1) is 17.3. The van der Waals surface area contributed by atoms with Crippen molar-refractivity contribution in [3.05, 3.63) is 53.3 Å². The van der Waals surface area contributed by atoms with E-state index in [2.05, 4.69) is 43.0 Å². The van der Waals surface area contributed by atoms with Crippen molar-refractivity contribution in [2.75, 3.05) is 11.5 Å². The van der Waals surface area contributed by atoms with Gasteiger partial charge in [0.25, 0.3) is 0 Å². The molecule has 0 amide bonds. The molecule has 4 aromatic rings. The lowest BCUT2D eigenvalue weighted by Gasteiger charge is -2.13. The van der Waals surface area contributed by atoms with Crippen LogP contribution in [0.1, 0.15) is 49.6 Å². The lowest BCUT2D eigenvalue weighted by molar-refractivity contribution is 0.460. The summed E-state index contributed by atoms with van der Waals surface area (Å²) < 4.78 is 5.28. The number of nitrogen functional groups attached to an aromatic ring is 2. The molecule has 0 aliphatic rings. The number of rotatable bonds is 4. The largest absolute Gasteiger partial charge is 0.383 e. The van der Waals surface area contributed by atoms with Gasteiger partial charge in [-0.3, -0.25) is 0 Å². The van der Waals surface area contributed by atoms with E-state index in [1.54, 1.807) is 0 Å². The van der Waals surface area contributed by atoms with Gasteiger partial charge in [-0.05, 0) is 47.2 Å². The Morgan fingerprint density at radius 2 is 1.63 bits per heavy atom. The molecule has 4 rings (SSSR count). The monoisotopic (exact) mass is 361 g/mol. The number of anilines is 2. The van der Waals surface area contributed by atoms with Gasteiger partial charge in [-0.1, -0.05) is 38.1 Å². The van der Waals surface area contributed by atoms with E-state index in [-0.39, 0.29) is 5.92 Å². The average molecular weight is 361 g/mol. The van der Waals surface area contributed by atoms with Crippen LogP contribution in [0.4, 0.5) is 11.6 Å². The number of fused-ring (bicyclic) bond motifs is 2. The third-order valence-corrected chi connectivity index (χ3v) is 5.05. The van der Waals surface area contributed by atoms with Crippen molar-refractivity contribution in [2.24, 2.45) is 0 Å². The average Bonchev–Trinajstić information content (AvgIpc) is 3.01. The number of hydrogen-bond acceptors (Lipinski definition) is 6. The summed E-state index contributed by atoms with van der Waals surface area (Å²) in [5.74, 6) is 2.32. The molecule has 2 aromatic heterocycles. The number of nitrogens with zero attached hydrogens (tertiary/aromatic N) is 3. The molecule has 0 spiro atoms. The molecule has 2 aromatic carbocycles. The van der Waals surface area contributed by atoms with Crippen molar-refractivity contribution in [3.8, 4) is 0 Å². The van der Waals surface area contributed by atoms with Crippen molar-refractivity contribution in [3.63, 3.8) is 0 Å². The van der Waals surface area contributed by atoms with E-state index < -0.39 is 0 Å². The highest BCUT2D eigenvalue weighted by molar-refractivity contribution is 5.88. The Morgan fingerprint density at radius 3 is 2.41 bits per heavy atom. The molecule has 27 heavy (non-hydrogen) atoms. The Labute approximate surface area is 157 Å². The van der Waals surface area contributed by atoms with E-state index >= 15 is 0 Å². The van der Waals surface area contributed by atoms with Crippen LogP contribution in [0.2, 0.25) is 0 Å². The van der Waals surface area contributed by atoms with Gasteiger partial charge in [-0.15, -0.1) is 0 Å². The summed E-state index contributed by atoms with van der Waals surface area (Å²) in [5, 5.41) is 5.54. The van der Waals surface area contributed by atoms with Gasteiger partial charge in [0.1, 0.15) is 11.6 Å². The van der Waals surface area contributed by atoms with Gasteiger partial charge < -0.3 is 16.0 Å². The molecule has 1 atom stereocenters. The van der Waals surface area contributed by atoms with Gasteiger partial charge in [-0.25, -0.2) is 9.97 Å². The van der Waals surface area contributed by atoms with Gasteiger partial charge in [0.2, 0.25) is 0 Å². The van der Waals surface area contributed by atoms with Crippen molar-refractivity contribution >= 4 is 33.5 Å². The fraction of sp³-hybridized carbons (Fsp3) is 0.286. The molecule has 1 unspecified atom stereocenters. The standard InChI is InChI=1S/C21H23N5O/c1-11(2)13-4-6-15-17(9-13)24-19(25-20(15)22)8-12(3)14-5-7-16-18(10-14)27-26-21(16)23/h4-7,9-12H,8H2,1-3H3,(H2,23,26)(H2,22,24,25). The quantitative estimate of drug-likeness (QED) is 0.558. The Hall–Kier alpha value is -3.15. The summed E-state index contributed by atoms with van der Waals surface area (Å²) in [5.41, 5.74) is 15.9. The first-order valence-corrected chi connectivity index (χ1v) is 9.13. The first-order chi connectivity index (χ1) is 12.9. The zero-order valence-electron chi connectivity index (χ0n) is 15.7. The van der Waals surface area contributed by atoms with Crippen LogP contribution in [0.3, 0.4) is 0 Å². The highest BCUT2D eigenvalue weighted by atomic mass is 16.5. The van der Waals surface area contributed by atoms with Crippen LogP contribution in [0.15, 0.2) is 40.9 Å². The molecule has 0 saturated heterocycles. The highest BCUT2D eigenvalue weighted by Crippen LogP contribution is 2.28. The Morgan fingerprint density at radius 1 is 0.889 bits per heavy atom. The van der Waals surface area contributed by atoms with Gasteiger partial charge >= 0.3 is 0 Å². The van der Waals surface area contributed by atoms with Crippen molar-refractivity contribution in [1.82, 2.24) is 15.1 Å². The van der Waals surface area contributed by atoms with Gasteiger partial charge in [0, 0.05) is 11.8 Å². The maximum Gasteiger partial charge on any atom is 0.174 e. The Kier molecular flexibility index (Phi) is 4.18. The molecule has 0 saturated carbocycles. The molecule has 4 N–H and O–H groups in total. The molecule has 0 radical (unpaired) electrons. The topological polar surface area (TPSA) is 104 Å². The van der Waals surface area contributed by atoms with Crippen LogP contribution >= 0.6 is 0 Å². The second-order valence-electron chi connectivity index (χ2n) is 7.38. The van der Waals surface area contributed by atoms with Crippen molar-refractivity contribution < 1.29 is 4.52 Å². The minimum atomic E-state index is 0.200. The normalized spacial score (nSPS) is 12.9. The molecular weight excluding hydrogens is 338 g/mol. The van der Waals surface area contributed by atoms with E-state index in [1.807, 2.05) is 24.3 Å². The summed E-state index contributed by atoms with van der Waals surface area (Å²) in [7, 11) is 0. The van der Waals surface area contributed by atoms with Crippen molar-refractivity contribution in [1.29, 1.82) is 0 Å². The molecule has 0 aliphatic heterocycles. The van der Waals surface area contributed by atoms with Crippen LogP contribution in [-0.2, 0) is 6.42 Å². The molecule has 6 heteroatoms. The second kappa shape index (κ2) is 6.54. The summed E-state index contributed by atoms with van der Waals surface area (Å²) >= 11 is 0. The molecule has 138 valence electrons. The smallest absolute Gasteiger partial charge is 0.174 e. The summed E-state index contributed by atoms with van der Waals surface area (Å²) in [6, 6.07) is 12.2. The van der Waals surface area contributed by atoms with E-state index in [4.69, 9.17) is 21.0 Å². The SMILES string of the molecule is CC(C)c1ccc2c(N)nc(CC(C)c3ccc4c(N)noc4c3)nc2c1. The molecule has 0 bridgehead atoms. The fourth-order valence-electron chi connectivity index (χ4n) is 3.34. The van der Waals surface area contributed by atoms with Gasteiger partial charge in [-0.2, -0.15) is 0 Å². The van der Waals surface area contributed by atoms with E-state index in [0.717, 1.165) is 27.7 Å². The minimum Gasteiger partial charge on any atom is -0.383 e. The number of benzene rings is 2. The predicted octanol–water partition coefficient (Wildman–Crippen LogP) is 4.41. The third-order valence-electron chi connectivity index (χ3n) is 5.05. The lowest BCUT2D eigenvalue weighted by atomic mass is 9.96. The van der Waals surface area contributed by atoms with Crippen LogP contribution in [-0.4, -0.2) is 15.1 Å². The Bertz CT molecular complexity index is 1130. The number of hydrogen-bond donors (Lipinski definition) is 2. The molecule has 0 fully saturated rings. The van der Waals surface area contributed by atoms with Gasteiger partial charge in [0.05, 0.1) is 10.9 Å². The highest BCUT2D eigenvalue weighted by Gasteiger charge is 2.14. The zero-order chi connectivity index (χ0) is 19.1. The number of aromatic nitrogens is 3. The molecular formula is C21H23N5O. The molecule has 2 heterocycles. The third kappa shape index (κ3) is 3.18. The summed E-state index contributed by atoms with van der Waals surface area (Å²) in [4.78, 5) is 9.28. The van der Waals surface area contributed by atoms with Crippen molar-refractivity contribution in [2.45, 2.75) is 39.0 Å². The minimum absolute atomic E-state index is 0.200. The number of nitrogens with two attached hydrogens (primary N) is 2. The Balaban J connectivity index is 1.66. The van der Waals surface area contributed by atoms with Crippen LogP contribution < -0.4 is 11.5 Å². The first-order valence-electron chi connectivity index (χ1n) is 9.13. The molecule has 0 aliphatic carbocycles. The van der Waals surface area contributed by atoms with Crippen LogP contribution in [0.25, 0.3) is 21.9 Å². The van der Waals surface area contributed by atoms with E-state index in [9.17, 15) is 0 Å². The second-order valence-corrected chi connectivity index (χ2v) is 7.38. The zero-order valence-corrected chi connectivity index (χ0v) is 15.7. The fourth-order valence-corrected chi connectivity index (χ4v) is 3.34. The maximum atomic E-state index is 6.19. The molecule has 6 nitrogen and oxygen atoms in total. The van der Waals surface area contributed by atoms with E-state index in [0.29, 0.717) is 29.6 Å². The summed E-state index contributed by atoms with van der Waals surface area (Å²) in [6.07, 6.45) is 0.682.